The van der Waals surface area contributed by atoms with Crippen LogP contribution >= 0.6 is 24.4 Å². The average molecular weight is 437 g/mol. The van der Waals surface area contributed by atoms with Crippen LogP contribution in [-0.4, -0.2) is 70.7 Å². The SMILES string of the molecule is CSCCC(NC(=O)C(C)NC(=O)C(CC(C)C)NC(=O)C(N)CS)C(=O)O. The topological polar surface area (TPSA) is 151 Å². The Balaban J connectivity index is 4.95. The maximum absolute atomic E-state index is 12.5. The molecule has 0 heterocycles. The van der Waals surface area contributed by atoms with E-state index >= 15 is 0 Å². The van der Waals surface area contributed by atoms with Gasteiger partial charge in [0.2, 0.25) is 17.7 Å². The van der Waals surface area contributed by atoms with Crippen molar-refractivity contribution in [2.45, 2.75) is 57.8 Å². The fraction of sp³-hybridized carbons (Fsp3) is 0.765. The highest BCUT2D eigenvalue weighted by molar-refractivity contribution is 7.98. The molecule has 0 saturated carbocycles. The van der Waals surface area contributed by atoms with Crippen LogP contribution in [0, 0.1) is 5.92 Å². The number of nitrogens with one attached hydrogen (secondary N) is 3. The molecule has 4 unspecified atom stereocenters. The summed E-state index contributed by atoms with van der Waals surface area (Å²) in [6, 6.07) is -3.70. The van der Waals surface area contributed by atoms with E-state index in [1.165, 1.54) is 18.7 Å². The molecule has 9 nitrogen and oxygen atoms in total. The van der Waals surface area contributed by atoms with Gasteiger partial charge in [0.15, 0.2) is 0 Å². The minimum absolute atomic E-state index is 0.107. The molecule has 0 spiro atoms. The Labute approximate surface area is 175 Å². The first-order valence-corrected chi connectivity index (χ1v) is 11.0. The zero-order valence-electron chi connectivity index (χ0n) is 16.7. The second-order valence-corrected chi connectivity index (χ2v) is 8.24. The lowest BCUT2D eigenvalue weighted by molar-refractivity contribution is -0.142. The summed E-state index contributed by atoms with van der Waals surface area (Å²) in [5.41, 5.74) is 5.63. The Kier molecular flexibility index (Phi) is 13.0. The summed E-state index contributed by atoms with van der Waals surface area (Å²) in [4.78, 5) is 48.1. The van der Waals surface area contributed by atoms with E-state index in [1.54, 1.807) is 0 Å². The summed E-state index contributed by atoms with van der Waals surface area (Å²) in [7, 11) is 0. The van der Waals surface area contributed by atoms with Crippen molar-refractivity contribution in [1.82, 2.24) is 16.0 Å². The lowest BCUT2D eigenvalue weighted by atomic mass is 10.0. The fourth-order valence-electron chi connectivity index (χ4n) is 2.23. The molecule has 4 atom stereocenters. The van der Waals surface area contributed by atoms with E-state index in [0.717, 1.165) is 0 Å². The Hall–Kier alpha value is -1.46. The van der Waals surface area contributed by atoms with Crippen molar-refractivity contribution in [3.05, 3.63) is 0 Å². The van der Waals surface area contributed by atoms with Gasteiger partial charge in [-0.15, -0.1) is 0 Å². The lowest BCUT2D eigenvalue weighted by Crippen LogP contribution is -2.56. The molecule has 0 aromatic carbocycles. The molecular weight excluding hydrogens is 404 g/mol. The van der Waals surface area contributed by atoms with Gasteiger partial charge in [-0.2, -0.15) is 24.4 Å². The third kappa shape index (κ3) is 10.2. The van der Waals surface area contributed by atoms with Crippen LogP contribution < -0.4 is 21.7 Å². The van der Waals surface area contributed by atoms with Gasteiger partial charge in [-0.25, -0.2) is 4.79 Å². The summed E-state index contributed by atoms with van der Waals surface area (Å²) < 4.78 is 0. The summed E-state index contributed by atoms with van der Waals surface area (Å²) in [5.74, 6) is -1.97. The van der Waals surface area contributed by atoms with Gasteiger partial charge in [0.25, 0.3) is 0 Å². The summed E-state index contributed by atoms with van der Waals surface area (Å²) >= 11 is 5.44. The molecule has 0 saturated heterocycles. The summed E-state index contributed by atoms with van der Waals surface area (Å²) in [6.45, 7) is 5.24. The van der Waals surface area contributed by atoms with Gasteiger partial charge in [-0.1, -0.05) is 13.8 Å². The molecule has 6 N–H and O–H groups in total. The normalized spacial score (nSPS) is 15.2. The Morgan fingerprint density at radius 2 is 1.57 bits per heavy atom. The van der Waals surface area contributed by atoms with E-state index in [4.69, 9.17) is 5.73 Å². The molecule has 0 aliphatic rings. The highest BCUT2D eigenvalue weighted by Crippen LogP contribution is 2.06. The summed E-state index contributed by atoms with van der Waals surface area (Å²) in [5, 5.41) is 16.7. The number of hydrogen-bond acceptors (Lipinski definition) is 7. The van der Waals surface area contributed by atoms with E-state index < -0.39 is 47.9 Å². The number of rotatable bonds is 13. The van der Waals surface area contributed by atoms with Gasteiger partial charge >= 0.3 is 5.97 Å². The van der Waals surface area contributed by atoms with Crippen molar-refractivity contribution in [1.29, 1.82) is 0 Å². The van der Waals surface area contributed by atoms with Crippen molar-refractivity contribution in [3.63, 3.8) is 0 Å². The number of carbonyl (C=O) groups excluding carboxylic acids is 3. The molecule has 0 rings (SSSR count). The molecule has 0 fully saturated rings. The molecule has 28 heavy (non-hydrogen) atoms. The van der Waals surface area contributed by atoms with Crippen molar-refractivity contribution in [3.8, 4) is 0 Å². The van der Waals surface area contributed by atoms with Gasteiger partial charge in [0.05, 0.1) is 6.04 Å². The van der Waals surface area contributed by atoms with Crippen LogP contribution in [-0.2, 0) is 19.2 Å². The number of carboxylic acid groups (broad SMARTS) is 1. The zero-order chi connectivity index (χ0) is 21.9. The number of nitrogens with two attached hydrogens (primary N) is 1. The maximum atomic E-state index is 12.5. The number of aliphatic carboxylic acids is 1. The monoisotopic (exact) mass is 436 g/mol. The van der Waals surface area contributed by atoms with Gasteiger partial charge in [0.1, 0.15) is 18.1 Å². The Morgan fingerprint density at radius 1 is 1.00 bits per heavy atom. The second-order valence-electron chi connectivity index (χ2n) is 6.89. The van der Waals surface area contributed by atoms with E-state index in [-0.39, 0.29) is 18.1 Å². The van der Waals surface area contributed by atoms with E-state index in [1.807, 2.05) is 20.1 Å². The predicted octanol–water partition coefficient (Wildman–Crippen LogP) is -0.398. The van der Waals surface area contributed by atoms with Gasteiger partial charge in [0, 0.05) is 5.75 Å². The van der Waals surface area contributed by atoms with Crippen LogP contribution in [0.3, 0.4) is 0 Å². The largest absolute Gasteiger partial charge is 0.480 e. The first-order chi connectivity index (χ1) is 13.0. The zero-order valence-corrected chi connectivity index (χ0v) is 18.4. The van der Waals surface area contributed by atoms with Crippen molar-refractivity contribution < 1.29 is 24.3 Å². The molecule has 11 heteroatoms. The van der Waals surface area contributed by atoms with Crippen molar-refractivity contribution >= 4 is 48.1 Å². The van der Waals surface area contributed by atoms with Crippen LogP contribution in [0.2, 0.25) is 0 Å². The molecule has 0 aromatic heterocycles. The molecule has 162 valence electrons. The third-order valence-corrected chi connectivity index (χ3v) is 4.89. The van der Waals surface area contributed by atoms with Crippen molar-refractivity contribution in [2.75, 3.05) is 17.8 Å². The second kappa shape index (κ2) is 13.7. The molecule has 0 aromatic rings. The number of hydrogen-bond donors (Lipinski definition) is 6. The van der Waals surface area contributed by atoms with E-state index in [2.05, 4.69) is 28.6 Å². The van der Waals surface area contributed by atoms with Gasteiger partial charge in [-0.05, 0) is 37.7 Å². The molecule has 3 amide bonds. The van der Waals surface area contributed by atoms with E-state index in [9.17, 15) is 24.3 Å². The van der Waals surface area contributed by atoms with Crippen LogP contribution in [0.1, 0.15) is 33.6 Å². The molecule has 0 aliphatic heterocycles. The lowest BCUT2D eigenvalue weighted by Gasteiger charge is -2.24. The molecule has 0 bridgehead atoms. The summed E-state index contributed by atoms with van der Waals surface area (Å²) in [6.07, 6.45) is 2.47. The van der Waals surface area contributed by atoms with Crippen LogP contribution in [0.15, 0.2) is 0 Å². The quantitative estimate of drug-likeness (QED) is 0.215. The number of carboxylic acids is 1. The minimum atomic E-state index is -1.13. The highest BCUT2D eigenvalue weighted by atomic mass is 32.2. The Bertz CT molecular complexity index is 548. The third-order valence-electron chi connectivity index (χ3n) is 3.85. The maximum Gasteiger partial charge on any atom is 0.326 e. The van der Waals surface area contributed by atoms with Crippen molar-refractivity contribution in [2.24, 2.45) is 11.7 Å². The van der Waals surface area contributed by atoms with Crippen LogP contribution in [0.5, 0.6) is 0 Å². The Morgan fingerprint density at radius 3 is 2.04 bits per heavy atom. The predicted molar refractivity (Wildman–Crippen MR) is 113 cm³/mol. The first kappa shape index (κ1) is 26.5. The first-order valence-electron chi connectivity index (χ1n) is 9.02. The minimum Gasteiger partial charge on any atom is -0.480 e. The smallest absolute Gasteiger partial charge is 0.326 e. The average Bonchev–Trinajstić information content (AvgIpc) is 2.62. The van der Waals surface area contributed by atoms with Gasteiger partial charge in [-0.3, -0.25) is 14.4 Å². The van der Waals surface area contributed by atoms with Gasteiger partial charge < -0.3 is 26.8 Å². The molecular formula is C17H32N4O5S2. The molecule has 0 radical (unpaired) electrons. The molecule has 0 aliphatic carbocycles. The highest BCUT2D eigenvalue weighted by Gasteiger charge is 2.28. The van der Waals surface area contributed by atoms with E-state index in [0.29, 0.717) is 12.2 Å². The number of thiol groups is 1. The fourth-order valence-corrected chi connectivity index (χ4v) is 2.87. The standard InChI is InChI=1S/C17H32N4O5S2/c1-9(2)7-13(21-15(23)11(18)8-27)16(24)19-10(3)14(22)20-12(17(25)26)5-6-28-4/h9-13,27H,5-8,18H2,1-4H3,(H,19,24)(H,20,22)(H,21,23)(H,25,26). The number of thioether (sulfide) groups is 1. The van der Waals surface area contributed by atoms with Crippen LogP contribution in [0.25, 0.3) is 0 Å². The number of amides is 3. The van der Waals surface area contributed by atoms with Crippen LogP contribution in [0.4, 0.5) is 0 Å². The number of carbonyl (C=O) groups is 4.